The molecule has 168 valence electrons. The lowest BCUT2D eigenvalue weighted by molar-refractivity contribution is 0.215. The van der Waals surface area contributed by atoms with E-state index in [4.69, 9.17) is 9.26 Å². The first-order valence-corrected chi connectivity index (χ1v) is 11.4. The van der Waals surface area contributed by atoms with Gasteiger partial charge in [-0.1, -0.05) is 17.3 Å². The Labute approximate surface area is 188 Å². The molecule has 1 aromatic carbocycles. The maximum atomic E-state index is 5.54. The minimum atomic E-state index is 0.602. The number of piperidine rings is 1. The molecule has 0 atom stereocenters. The van der Waals surface area contributed by atoms with Gasteiger partial charge in [0, 0.05) is 51.0 Å². The van der Waals surface area contributed by atoms with Gasteiger partial charge in [-0.25, -0.2) is 4.98 Å². The van der Waals surface area contributed by atoms with Crippen LogP contribution in [0.2, 0.25) is 0 Å². The van der Waals surface area contributed by atoms with Crippen LogP contribution in [-0.2, 0) is 6.54 Å². The van der Waals surface area contributed by atoms with Crippen molar-refractivity contribution in [3.63, 3.8) is 0 Å². The summed E-state index contributed by atoms with van der Waals surface area (Å²) in [5.41, 5.74) is 2.04. The van der Waals surface area contributed by atoms with Gasteiger partial charge < -0.3 is 19.1 Å². The van der Waals surface area contributed by atoms with E-state index in [1.165, 1.54) is 19.3 Å². The van der Waals surface area contributed by atoms with Gasteiger partial charge in [0.1, 0.15) is 11.6 Å². The summed E-state index contributed by atoms with van der Waals surface area (Å²) < 4.78 is 11.1. The Morgan fingerprint density at radius 2 is 1.72 bits per heavy atom. The van der Waals surface area contributed by atoms with Crippen molar-refractivity contribution >= 4 is 11.5 Å². The summed E-state index contributed by atoms with van der Waals surface area (Å²) in [6, 6.07) is 12.3. The van der Waals surface area contributed by atoms with Gasteiger partial charge in [-0.15, -0.1) is 0 Å². The third-order valence-electron chi connectivity index (χ3n) is 6.31. The van der Waals surface area contributed by atoms with E-state index in [9.17, 15) is 0 Å². The highest BCUT2D eigenvalue weighted by Gasteiger charge is 2.21. The molecule has 0 saturated carbocycles. The predicted molar refractivity (Wildman–Crippen MR) is 124 cm³/mol. The predicted octanol–water partition coefficient (Wildman–Crippen LogP) is 3.45. The van der Waals surface area contributed by atoms with Crippen molar-refractivity contribution < 1.29 is 9.26 Å². The molecule has 0 N–H and O–H groups in total. The first-order valence-electron chi connectivity index (χ1n) is 11.4. The molecule has 2 aromatic heterocycles. The molecule has 0 amide bonds. The molecule has 32 heavy (non-hydrogen) atoms. The standard InChI is InChI=1S/C24H30N6O2/c1-31-21-8-4-3-7-20(21)29-15-13-28(14-16-29)18-23-26-24(27-32-23)19-9-10-22(25-17-19)30-11-5-2-6-12-30/h3-4,7-10,17H,2,5-6,11-16,18H2,1H3. The molecule has 0 bridgehead atoms. The molecular formula is C24H30N6O2. The Kier molecular flexibility index (Phi) is 6.20. The summed E-state index contributed by atoms with van der Waals surface area (Å²) >= 11 is 0. The van der Waals surface area contributed by atoms with Gasteiger partial charge in [-0.05, 0) is 43.5 Å². The van der Waals surface area contributed by atoms with Crippen molar-refractivity contribution in [2.45, 2.75) is 25.8 Å². The summed E-state index contributed by atoms with van der Waals surface area (Å²) in [7, 11) is 1.72. The van der Waals surface area contributed by atoms with Crippen LogP contribution in [0.25, 0.3) is 11.4 Å². The fourth-order valence-corrected chi connectivity index (χ4v) is 4.49. The zero-order valence-electron chi connectivity index (χ0n) is 18.6. The second-order valence-electron chi connectivity index (χ2n) is 8.40. The Morgan fingerprint density at radius 1 is 0.906 bits per heavy atom. The van der Waals surface area contributed by atoms with E-state index in [1.807, 2.05) is 24.4 Å². The SMILES string of the molecule is COc1ccccc1N1CCN(Cc2nc(-c3ccc(N4CCCCC4)nc3)no2)CC1. The van der Waals surface area contributed by atoms with E-state index in [1.54, 1.807) is 7.11 Å². The van der Waals surface area contributed by atoms with E-state index < -0.39 is 0 Å². The summed E-state index contributed by atoms with van der Waals surface area (Å²) in [4.78, 5) is 16.3. The molecular weight excluding hydrogens is 404 g/mol. The lowest BCUT2D eigenvalue weighted by Crippen LogP contribution is -2.46. The molecule has 2 aliphatic heterocycles. The van der Waals surface area contributed by atoms with Gasteiger partial charge in [0.05, 0.1) is 19.3 Å². The minimum absolute atomic E-state index is 0.602. The van der Waals surface area contributed by atoms with E-state index in [0.29, 0.717) is 18.3 Å². The molecule has 0 spiro atoms. The second-order valence-corrected chi connectivity index (χ2v) is 8.40. The maximum Gasteiger partial charge on any atom is 0.241 e. The molecule has 3 aromatic rings. The Hall–Kier alpha value is -3.13. The van der Waals surface area contributed by atoms with Gasteiger partial charge in [0.2, 0.25) is 11.7 Å². The lowest BCUT2D eigenvalue weighted by Gasteiger charge is -2.35. The van der Waals surface area contributed by atoms with Gasteiger partial charge in [-0.3, -0.25) is 4.90 Å². The highest BCUT2D eigenvalue weighted by atomic mass is 16.5. The fraction of sp³-hybridized carbons (Fsp3) is 0.458. The van der Waals surface area contributed by atoms with Crippen LogP contribution in [0.4, 0.5) is 11.5 Å². The highest BCUT2D eigenvalue weighted by Crippen LogP contribution is 2.28. The molecule has 2 aliphatic rings. The topological polar surface area (TPSA) is 70.8 Å². The van der Waals surface area contributed by atoms with Crippen molar-refractivity contribution in [2.24, 2.45) is 0 Å². The second kappa shape index (κ2) is 9.56. The molecule has 2 saturated heterocycles. The van der Waals surface area contributed by atoms with Gasteiger partial charge in [-0.2, -0.15) is 4.98 Å². The number of ether oxygens (including phenoxy) is 1. The van der Waals surface area contributed by atoms with Crippen molar-refractivity contribution in [3.8, 4) is 17.1 Å². The Bertz CT molecular complexity index is 1010. The average Bonchev–Trinajstić information content (AvgIpc) is 3.33. The number of methoxy groups -OCH3 is 1. The van der Waals surface area contributed by atoms with Crippen molar-refractivity contribution in [1.82, 2.24) is 20.0 Å². The van der Waals surface area contributed by atoms with Crippen LogP contribution in [0.1, 0.15) is 25.2 Å². The van der Waals surface area contributed by atoms with Gasteiger partial charge in [0.15, 0.2) is 0 Å². The number of pyridine rings is 1. The van der Waals surface area contributed by atoms with Crippen molar-refractivity contribution in [1.29, 1.82) is 0 Å². The fourth-order valence-electron chi connectivity index (χ4n) is 4.49. The number of anilines is 2. The monoisotopic (exact) mass is 434 g/mol. The third kappa shape index (κ3) is 4.55. The number of para-hydroxylation sites is 2. The first-order chi connectivity index (χ1) is 15.8. The van der Waals surface area contributed by atoms with Crippen LogP contribution in [0.3, 0.4) is 0 Å². The average molecular weight is 435 g/mol. The largest absolute Gasteiger partial charge is 0.495 e. The molecule has 5 rings (SSSR count). The molecule has 0 radical (unpaired) electrons. The summed E-state index contributed by atoms with van der Waals surface area (Å²) in [5, 5.41) is 4.19. The maximum absolute atomic E-state index is 5.54. The quantitative estimate of drug-likeness (QED) is 0.584. The number of aromatic nitrogens is 3. The molecule has 8 nitrogen and oxygen atoms in total. The van der Waals surface area contributed by atoms with Crippen molar-refractivity contribution in [2.75, 3.05) is 56.2 Å². The molecule has 8 heteroatoms. The van der Waals surface area contributed by atoms with Crippen LogP contribution in [-0.4, -0.2) is 66.4 Å². The Morgan fingerprint density at radius 3 is 2.47 bits per heavy atom. The van der Waals surface area contributed by atoms with E-state index in [0.717, 1.165) is 62.1 Å². The van der Waals surface area contributed by atoms with Gasteiger partial charge >= 0.3 is 0 Å². The molecule has 4 heterocycles. The van der Waals surface area contributed by atoms with Crippen LogP contribution in [0.5, 0.6) is 5.75 Å². The number of hydrogen-bond donors (Lipinski definition) is 0. The first kappa shape index (κ1) is 20.8. The molecule has 2 fully saturated rings. The normalized spacial score (nSPS) is 17.5. The van der Waals surface area contributed by atoms with Crippen LogP contribution in [0.15, 0.2) is 47.1 Å². The zero-order chi connectivity index (χ0) is 21.8. The number of benzene rings is 1. The van der Waals surface area contributed by atoms with E-state index in [2.05, 4.69) is 48.0 Å². The van der Waals surface area contributed by atoms with Crippen LogP contribution in [0, 0.1) is 0 Å². The summed E-state index contributed by atoms with van der Waals surface area (Å²) in [6.07, 6.45) is 5.65. The number of hydrogen-bond acceptors (Lipinski definition) is 8. The third-order valence-corrected chi connectivity index (χ3v) is 6.31. The smallest absolute Gasteiger partial charge is 0.241 e. The highest BCUT2D eigenvalue weighted by molar-refractivity contribution is 5.59. The number of rotatable bonds is 6. The van der Waals surface area contributed by atoms with E-state index in [-0.39, 0.29) is 0 Å². The minimum Gasteiger partial charge on any atom is -0.495 e. The summed E-state index contributed by atoms with van der Waals surface area (Å²) in [5.74, 6) is 3.20. The van der Waals surface area contributed by atoms with E-state index >= 15 is 0 Å². The van der Waals surface area contributed by atoms with Crippen LogP contribution >= 0.6 is 0 Å². The van der Waals surface area contributed by atoms with Gasteiger partial charge in [0.25, 0.3) is 0 Å². The number of nitrogens with zero attached hydrogens (tertiary/aromatic N) is 6. The number of piperazine rings is 1. The zero-order valence-corrected chi connectivity index (χ0v) is 18.6. The van der Waals surface area contributed by atoms with Crippen molar-refractivity contribution in [3.05, 3.63) is 48.5 Å². The van der Waals surface area contributed by atoms with Crippen LogP contribution < -0.4 is 14.5 Å². The molecule has 0 unspecified atom stereocenters. The Balaban J connectivity index is 1.17. The summed E-state index contributed by atoms with van der Waals surface area (Å²) in [6.45, 7) is 6.56. The lowest BCUT2D eigenvalue weighted by atomic mass is 10.1. The molecule has 0 aliphatic carbocycles.